The summed E-state index contributed by atoms with van der Waals surface area (Å²) in [7, 11) is 1.32. The second kappa shape index (κ2) is 7.67. The molecule has 1 aliphatic heterocycles. The standard InChI is InChI=1S/C18H22F3N3O3/c1-16(2,3)27-15(25)24(12-18(19,20)21)17(13-6-10-22-11-7-13)8-5-9-23-14(17)26-4/h5-11,14H,12H2,1-4H3. The van der Waals surface area contributed by atoms with Crippen LogP contribution in [0.1, 0.15) is 26.3 Å². The van der Waals surface area contributed by atoms with Crippen molar-refractivity contribution in [2.24, 2.45) is 4.99 Å². The second-order valence-corrected chi connectivity index (χ2v) is 6.99. The lowest BCUT2D eigenvalue weighted by Gasteiger charge is -2.46. The lowest BCUT2D eigenvalue weighted by atomic mass is 9.85. The Morgan fingerprint density at radius 3 is 2.41 bits per heavy atom. The number of rotatable bonds is 4. The van der Waals surface area contributed by atoms with Crippen molar-refractivity contribution in [3.05, 3.63) is 42.2 Å². The highest BCUT2D eigenvalue weighted by molar-refractivity contribution is 5.76. The molecule has 148 valence electrons. The van der Waals surface area contributed by atoms with Crippen molar-refractivity contribution in [2.45, 2.75) is 44.3 Å². The molecule has 0 N–H and O–H groups in total. The molecule has 9 heteroatoms. The van der Waals surface area contributed by atoms with Gasteiger partial charge in [-0.1, -0.05) is 0 Å². The molecule has 2 heterocycles. The Kier molecular flexibility index (Phi) is 5.94. The summed E-state index contributed by atoms with van der Waals surface area (Å²) in [4.78, 5) is 21.5. The number of dihydropyridines is 1. The summed E-state index contributed by atoms with van der Waals surface area (Å²) in [5.74, 6) is 0. The second-order valence-electron chi connectivity index (χ2n) is 6.99. The van der Waals surface area contributed by atoms with Gasteiger partial charge < -0.3 is 9.47 Å². The maximum Gasteiger partial charge on any atom is 0.411 e. The first kappa shape index (κ1) is 20.9. The molecular weight excluding hydrogens is 363 g/mol. The fourth-order valence-corrected chi connectivity index (χ4v) is 2.83. The molecule has 0 bridgehead atoms. The van der Waals surface area contributed by atoms with Gasteiger partial charge in [0.15, 0.2) is 6.23 Å². The Morgan fingerprint density at radius 2 is 1.89 bits per heavy atom. The van der Waals surface area contributed by atoms with E-state index in [1.165, 1.54) is 50.0 Å². The predicted molar refractivity (Wildman–Crippen MR) is 93.3 cm³/mol. The molecule has 0 aromatic carbocycles. The van der Waals surface area contributed by atoms with Crippen LogP contribution in [0.15, 0.2) is 41.7 Å². The van der Waals surface area contributed by atoms with Crippen molar-refractivity contribution >= 4 is 12.3 Å². The molecule has 0 fully saturated rings. The number of aromatic nitrogens is 1. The molecule has 2 rings (SSSR count). The Bertz CT molecular complexity index is 714. The number of carbonyl (C=O) groups excluding carboxylic acids is 1. The first-order chi connectivity index (χ1) is 12.5. The van der Waals surface area contributed by atoms with Gasteiger partial charge in [-0.3, -0.25) is 14.9 Å². The van der Waals surface area contributed by atoms with Crippen LogP contribution in [0.25, 0.3) is 0 Å². The molecule has 1 aromatic heterocycles. The van der Waals surface area contributed by atoms with E-state index in [1.54, 1.807) is 20.8 Å². The van der Waals surface area contributed by atoms with Crippen LogP contribution < -0.4 is 0 Å². The first-order valence-corrected chi connectivity index (χ1v) is 8.21. The average Bonchev–Trinajstić information content (AvgIpc) is 2.58. The van der Waals surface area contributed by atoms with Gasteiger partial charge in [-0.05, 0) is 50.6 Å². The van der Waals surface area contributed by atoms with E-state index in [0.717, 1.165) is 0 Å². The lowest BCUT2D eigenvalue weighted by Crippen LogP contribution is -2.59. The van der Waals surface area contributed by atoms with Gasteiger partial charge in [-0.25, -0.2) is 4.79 Å². The molecule has 1 aliphatic rings. The SMILES string of the molecule is COC1N=CC=CC1(c1ccncc1)N(CC(F)(F)F)C(=O)OC(C)(C)C. The number of hydrogen-bond donors (Lipinski definition) is 0. The number of nitrogens with zero attached hydrogens (tertiary/aromatic N) is 3. The lowest BCUT2D eigenvalue weighted by molar-refractivity contribution is -0.163. The summed E-state index contributed by atoms with van der Waals surface area (Å²) >= 11 is 0. The number of aliphatic imine (C=N–C) groups is 1. The molecule has 1 aromatic rings. The Balaban J connectivity index is 2.65. The van der Waals surface area contributed by atoms with Crippen molar-refractivity contribution in [1.82, 2.24) is 9.88 Å². The van der Waals surface area contributed by atoms with Gasteiger partial charge in [-0.2, -0.15) is 13.2 Å². The van der Waals surface area contributed by atoms with E-state index in [0.29, 0.717) is 10.5 Å². The van der Waals surface area contributed by atoms with Crippen LogP contribution in [0.2, 0.25) is 0 Å². The Labute approximate surface area is 155 Å². The molecule has 0 radical (unpaired) electrons. The van der Waals surface area contributed by atoms with Gasteiger partial charge in [0.2, 0.25) is 0 Å². The van der Waals surface area contributed by atoms with Crippen molar-refractivity contribution < 1.29 is 27.4 Å². The third kappa shape index (κ3) is 4.85. The Hall–Kier alpha value is -2.42. The molecule has 2 unspecified atom stereocenters. The molecule has 27 heavy (non-hydrogen) atoms. The van der Waals surface area contributed by atoms with Gasteiger partial charge in [0.25, 0.3) is 0 Å². The highest BCUT2D eigenvalue weighted by atomic mass is 19.4. The number of halogens is 3. The normalized spacial score (nSPS) is 22.6. The highest BCUT2D eigenvalue weighted by Gasteiger charge is 2.52. The summed E-state index contributed by atoms with van der Waals surface area (Å²) in [6, 6.07) is 3.04. The number of pyridine rings is 1. The third-order valence-corrected chi connectivity index (χ3v) is 3.80. The minimum absolute atomic E-state index is 0.368. The van der Waals surface area contributed by atoms with E-state index < -0.39 is 36.2 Å². The molecule has 2 atom stereocenters. The van der Waals surface area contributed by atoms with Crippen LogP contribution in [-0.2, 0) is 15.0 Å². The number of alkyl halides is 3. The molecular formula is C18H22F3N3O3. The number of hydrogen-bond acceptors (Lipinski definition) is 5. The maximum atomic E-state index is 13.4. The van der Waals surface area contributed by atoms with Crippen molar-refractivity contribution in [2.75, 3.05) is 13.7 Å². The number of ether oxygens (including phenoxy) is 2. The van der Waals surface area contributed by atoms with Crippen LogP contribution in [0.4, 0.5) is 18.0 Å². The molecule has 0 aliphatic carbocycles. The van der Waals surface area contributed by atoms with Crippen LogP contribution in [0.3, 0.4) is 0 Å². The third-order valence-electron chi connectivity index (χ3n) is 3.80. The zero-order chi connectivity index (χ0) is 20.3. The molecule has 0 spiro atoms. The molecule has 6 nitrogen and oxygen atoms in total. The highest BCUT2D eigenvalue weighted by Crippen LogP contribution is 2.40. The largest absolute Gasteiger partial charge is 0.444 e. The van der Waals surface area contributed by atoms with Gasteiger partial charge in [0, 0.05) is 25.7 Å². The van der Waals surface area contributed by atoms with Crippen molar-refractivity contribution in [3.63, 3.8) is 0 Å². The molecule has 1 amide bonds. The number of methoxy groups -OCH3 is 1. The van der Waals surface area contributed by atoms with Crippen molar-refractivity contribution in [1.29, 1.82) is 0 Å². The average molecular weight is 385 g/mol. The predicted octanol–water partition coefficient (Wildman–Crippen LogP) is 3.69. The fraction of sp³-hybridized carbons (Fsp3) is 0.500. The topological polar surface area (TPSA) is 64.0 Å². The van der Waals surface area contributed by atoms with Gasteiger partial charge in [0.05, 0.1) is 0 Å². The van der Waals surface area contributed by atoms with Crippen molar-refractivity contribution in [3.8, 4) is 0 Å². The Morgan fingerprint density at radius 1 is 1.26 bits per heavy atom. The summed E-state index contributed by atoms with van der Waals surface area (Å²) < 4.78 is 50.8. The summed E-state index contributed by atoms with van der Waals surface area (Å²) in [6.07, 6.45) is 0.315. The van der Waals surface area contributed by atoms with Gasteiger partial charge >= 0.3 is 12.3 Å². The number of amides is 1. The van der Waals surface area contributed by atoms with Gasteiger partial charge in [0.1, 0.15) is 17.7 Å². The van der Waals surface area contributed by atoms with E-state index in [9.17, 15) is 18.0 Å². The molecule has 0 saturated carbocycles. The summed E-state index contributed by atoms with van der Waals surface area (Å²) in [6.45, 7) is 3.21. The van der Waals surface area contributed by atoms with Gasteiger partial charge in [-0.15, -0.1) is 0 Å². The minimum Gasteiger partial charge on any atom is -0.444 e. The first-order valence-electron chi connectivity index (χ1n) is 8.21. The smallest absolute Gasteiger partial charge is 0.411 e. The zero-order valence-corrected chi connectivity index (χ0v) is 15.5. The quantitative estimate of drug-likeness (QED) is 0.793. The minimum atomic E-state index is -4.66. The van der Waals surface area contributed by atoms with Crippen LogP contribution in [-0.4, -0.2) is 53.9 Å². The van der Waals surface area contributed by atoms with Crippen LogP contribution in [0, 0.1) is 0 Å². The van der Waals surface area contributed by atoms with Crippen LogP contribution >= 0.6 is 0 Å². The van der Waals surface area contributed by atoms with E-state index in [4.69, 9.17) is 9.47 Å². The summed E-state index contributed by atoms with van der Waals surface area (Å²) in [5.41, 5.74) is -2.26. The van der Waals surface area contributed by atoms with E-state index >= 15 is 0 Å². The van der Waals surface area contributed by atoms with E-state index in [-0.39, 0.29) is 0 Å². The zero-order valence-electron chi connectivity index (χ0n) is 15.5. The molecule has 0 saturated heterocycles. The number of carbonyl (C=O) groups is 1. The maximum absolute atomic E-state index is 13.4. The fourth-order valence-electron chi connectivity index (χ4n) is 2.83. The van der Waals surface area contributed by atoms with E-state index in [2.05, 4.69) is 9.98 Å². The van der Waals surface area contributed by atoms with Crippen LogP contribution in [0.5, 0.6) is 0 Å². The summed E-state index contributed by atoms with van der Waals surface area (Å²) in [5, 5.41) is 0. The monoisotopic (exact) mass is 385 g/mol. The van der Waals surface area contributed by atoms with E-state index in [1.807, 2.05) is 0 Å². The number of allylic oxidation sites excluding steroid dienone is 1.